The molecule has 0 spiro atoms. The first kappa shape index (κ1) is 14.3. The van der Waals surface area contributed by atoms with Gasteiger partial charge in [0, 0.05) is 5.69 Å². The Morgan fingerprint density at radius 2 is 1.88 bits per heavy atom. The molecule has 1 aromatic heterocycles. The summed E-state index contributed by atoms with van der Waals surface area (Å²) in [6.07, 6.45) is -0.123. The van der Waals surface area contributed by atoms with Crippen molar-refractivity contribution in [3.05, 3.63) is 59.0 Å². The van der Waals surface area contributed by atoms with Gasteiger partial charge in [-0.1, -0.05) is 24.3 Å². The highest BCUT2D eigenvalue weighted by atomic mass is 16.2. The largest absolute Gasteiger partial charge is 0.327 e. The minimum Gasteiger partial charge on any atom is -0.326 e. The third kappa shape index (κ3) is 2.26. The zero-order chi connectivity index (χ0) is 16.7. The molecule has 120 valence electrons. The summed E-state index contributed by atoms with van der Waals surface area (Å²) >= 11 is 0. The first-order chi connectivity index (χ1) is 11.6. The van der Waals surface area contributed by atoms with Crippen LogP contribution in [0, 0.1) is 0 Å². The topological polar surface area (TPSA) is 96.0 Å². The maximum Gasteiger partial charge on any atom is 0.327 e. The van der Waals surface area contributed by atoms with E-state index >= 15 is 0 Å². The number of hydrogen-bond acceptors (Lipinski definition) is 3. The Hall–Kier alpha value is -3.35. The number of H-pyrrole nitrogens is 1. The summed E-state index contributed by atoms with van der Waals surface area (Å²) in [6, 6.07) is 13.3. The number of carbonyl (C=O) groups is 2. The molecule has 0 saturated carbocycles. The summed E-state index contributed by atoms with van der Waals surface area (Å²) in [5, 5.41) is 5.49. The summed E-state index contributed by atoms with van der Waals surface area (Å²) < 4.78 is 1.36. The van der Waals surface area contributed by atoms with Crippen LogP contribution >= 0.6 is 0 Å². The van der Waals surface area contributed by atoms with E-state index in [0.29, 0.717) is 22.4 Å². The number of nitrogens with zero attached hydrogens (tertiary/aromatic N) is 1. The molecule has 2 heterocycles. The van der Waals surface area contributed by atoms with E-state index in [2.05, 4.69) is 15.6 Å². The highest BCUT2D eigenvalue weighted by molar-refractivity contribution is 6.07. The van der Waals surface area contributed by atoms with Gasteiger partial charge in [0.15, 0.2) is 0 Å². The maximum atomic E-state index is 12.4. The van der Waals surface area contributed by atoms with E-state index in [1.165, 1.54) is 4.57 Å². The fourth-order valence-electron chi connectivity index (χ4n) is 3.01. The van der Waals surface area contributed by atoms with Crippen LogP contribution in [-0.2, 0) is 9.59 Å². The van der Waals surface area contributed by atoms with Crippen LogP contribution in [0.15, 0.2) is 53.3 Å². The number of nitrogens with one attached hydrogen (secondary N) is 3. The van der Waals surface area contributed by atoms with E-state index in [4.69, 9.17) is 0 Å². The maximum absolute atomic E-state index is 12.4. The molecular formula is C17H14N4O3. The highest BCUT2D eigenvalue weighted by Crippen LogP contribution is 2.30. The molecule has 1 aliphatic rings. The van der Waals surface area contributed by atoms with Crippen molar-refractivity contribution in [2.75, 3.05) is 10.6 Å². The second-order valence-electron chi connectivity index (χ2n) is 5.63. The summed E-state index contributed by atoms with van der Waals surface area (Å²) in [4.78, 5) is 39.6. The van der Waals surface area contributed by atoms with Gasteiger partial charge < -0.3 is 15.6 Å². The van der Waals surface area contributed by atoms with Gasteiger partial charge in [0.2, 0.25) is 11.8 Å². The molecule has 0 aliphatic carbocycles. The Kier molecular flexibility index (Phi) is 3.19. The van der Waals surface area contributed by atoms with Crippen molar-refractivity contribution in [1.29, 1.82) is 0 Å². The number of rotatable bonds is 3. The van der Waals surface area contributed by atoms with Crippen molar-refractivity contribution >= 4 is 34.2 Å². The molecule has 2 amide bonds. The van der Waals surface area contributed by atoms with Gasteiger partial charge in [-0.25, -0.2) is 4.79 Å². The predicted molar refractivity (Wildman–Crippen MR) is 89.9 cm³/mol. The number of imidazole rings is 1. The predicted octanol–water partition coefficient (Wildman–Crippen LogP) is 1.85. The monoisotopic (exact) mass is 322 g/mol. The fourth-order valence-corrected chi connectivity index (χ4v) is 3.01. The Morgan fingerprint density at radius 3 is 2.67 bits per heavy atom. The van der Waals surface area contributed by atoms with Crippen LogP contribution in [0.5, 0.6) is 0 Å². The van der Waals surface area contributed by atoms with Gasteiger partial charge in [0.1, 0.15) is 6.04 Å². The van der Waals surface area contributed by atoms with E-state index in [-0.39, 0.29) is 18.2 Å². The Morgan fingerprint density at radius 1 is 1.08 bits per heavy atom. The number of aromatic amines is 1. The number of carbonyl (C=O) groups excluding carboxylic acids is 2. The summed E-state index contributed by atoms with van der Waals surface area (Å²) in [7, 11) is 0. The van der Waals surface area contributed by atoms with E-state index in [1.807, 2.05) is 6.07 Å². The van der Waals surface area contributed by atoms with Crippen LogP contribution in [0.25, 0.3) is 11.0 Å². The lowest BCUT2D eigenvalue weighted by Gasteiger charge is -2.23. The van der Waals surface area contributed by atoms with E-state index in [0.717, 1.165) is 0 Å². The highest BCUT2D eigenvalue weighted by Gasteiger charge is 2.32. The van der Waals surface area contributed by atoms with Crippen LogP contribution in [0.3, 0.4) is 0 Å². The molecule has 2 aromatic carbocycles. The van der Waals surface area contributed by atoms with Gasteiger partial charge in [-0.3, -0.25) is 14.2 Å². The number of para-hydroxylation sites is 2. The van der Waals surface area contributed by atoms with Crippen LogP contribution in [0.4, 0.5) is 11.4 Å². The zero-order valence-corrected chi connectivity index (χ0v) is 12.6. The minimum absolute atomic E-state index is 0.123. The zero-order valence-electron chi connectivity index (χ0n) is 12.6. The smallest absolute Gasteiger partial charge is 0.326 e. The van der Waals surface area contributed by atoms with E-state index in [9.17, 15) is 14.4 Å². The second-order valence-corrected chi connectivity index (χ2v) is 5.63. The second kappa shape index (κ2) is 5.38. The molecule has 0 bridgehead atoms. The van der Waals surface area contributed by atoms with Gasteiger partial charge in [-0.05, 0) is 24.3 Å². The normalized spacial score (nSPS) is 16.0. The summed E-state index contributed by atoms with van der Waals surface area (Å²) in [5.41, 5.74) is 2.05. The first-order valence-electron chi connectivity index (χ1n) is 7.52. The van der Waals surface area contributed by atoms with Crippen LogP contribution in [0.2, 0.25) is 0 Å². The van der Waals surface area contributed by atoms with Crippen LogP contribution in [0.1, 0.15) is 12.5 Å². The van der Waals surface area contributed by atoms with Crippen molar-refractivity contribution < 1.29 is 9.59 Å². The Balaban J connectivity index is 1.67. The lowest BCUT2D eigenvalue weighted by molar-refractivity contribution is -0.124. The number of hydrogen-bond donors (Lipinski definition) is 3. The molecule has 0 radical (unpaired) electrons. The van der Waals surface area contributed by atoms with Gasteiger partial charge in [0.25, 0.3) is 0 Å². The fraction of sp³-hybridized carbons (Fsp3) is 0.118. The van der Waals surface area contributed by atoms with Gasteiger partial charge in [-0.2, -0.15) is 0 Å². The molecular weight excluding hydrogens is 308 g/mol. The number of aromatic nitrogens is 2. The molecule has 1 unspecified atom stereocenters. The molecule has 0 saturated heterocycles. The van der Waals surface area contributed by atoms with Crippen molar-refractivity contribution in [3.63, 3.8) is 0 Å². The summed E-state index contributed by atoms with van der Waals surface area (Å²) in [6.45, 7) is 0. The summed E-state index contributed by atoms with van der Waals surface area (Å²) in [5.74, 6) is -0.707. The van der Waals surface area contributed by atoms with Crippen molar-refractivity contribution in [1.82, 2.24) is 9.55 Å². The minimum atomic E-state index is -0.884. The van der Waals surface area contributed by atoms with Crippen LogP contribution < -0.4 is 16.3 Å². The molecule has 1 atom stereocenters. The molecule has 24 heavy (non-hydrogen) atoms. The van der Waals surface area contributed by atoms with E-state index in [1.54, 1.807) is 42.5 Å². The molecule has 1 aliphatic heterocycles. The molecule has 3 aromatic rings. The average molecular weight is 322 g/mol. The van der Waals surface area contributed by atoms with E-state index < -0.39 is 11.7 Å². The first-order valence-corrected chi connectivity index (χ1v) is 7.52. The third-order valence-corrected chi connectivity index (χ3v) is 4.05. The molecule has 7 nitrogen and oxygen atoms in total. The Labute approximate surface area is 136 Å². The molecule has 0 fully saturated rings. The SMILES string of the molecule is O=C(CC1C(=O)Nc2cccc3[nH]c(=O)n1c23)Nc1ccccc1. The third-order valence-electron chi connectivity index (χ3n) is 4.05. The van der Waals surface area contributed by atoms with Crippen molar-refractivity contribution in [2.45, 2.75) is 12.5 Å². The quantitative estimate of drug-likeness (QED) is 0.686. The standard InChI is InChI=1S/C17H14N4O3/c22-14(18-10-5-2-1-3-6-10)9-13-16(23)19-11-7-4-8-12-15(11)21(13)17(24)20-12/h1-8,13H,9H2,(H,18,22)(H,19,23)(H,20,24). The lowest BCUT2D eigenvalue weighted by atomic mass is 10.1. The van der Waals surface area contributed by atoms with Crippen LogP contribution in [-0.4, -0.2) is 21.4 Å². The molecule has 3 N–H and O–H groups in total. The number of anilines is 2. The number of amides is 2. The van der Waals surface area contributed by atoms with Gasteiger partial charge in [0.05, 0.1) is 23.1 Å². The van der Waals surface area contributed by atoms with Crippen molar-refractivity contribution in [2.24, 2.45) is 0 Å². The number of benzene rings is 2. The average Bonchev–Trinajstić information content (AvgIpc) is 2.90. The molecule has 7 heteroatoms. The van der Waals surface area contributed by atoms with Crippen molar-refractivity contribution in [3.8, 4) is 0 Å². The van der Waals surface area contributed by atoms with Gasteiger partial charge >= 0.3 is 5.69 Å². The molecule has 4 rings (SSSR count). The van der Waals surface area contributed by atoms with Gasteiger partial charge in [-0.15, -0.1) is 0 Å². The Bertz CT molecular complexity index is 1000. The lowest BCUT2D eigenvalue weighted by Crippen LogP contribution is -2.37.